The van der Waals surface area contributed by atoms with Crippen LogP contribution in [0.4, 0.5) is 13.2 Å². The third-order valence-corrected chi connectivity index (χ3v) is 14.0. The minimum atomic E-state index is -4.41. The monoisotopic (exact) mass is 918 g/mol. The Labute approximate surface area is 408 Å². The lowest BCUT2D eigenvalue weighted by atomic mass is 9.91. The van der Waals surface area contributed by atoms with E-state index in [1.165, 1.54) is 0 Å². The predicted octanol–water partition coefficient (Wildman–Crippen LogP) is 18.7. The van der Waals surface area contributed by atoms with Crippen LogP contribution >= 0.6 is 0 Å². The van der Waals surface area contributed by atoms with Crippen LogP contribution in [-0.4, -0.2) is 9.55 Å². The van der Waals surface area contributed by atoms with E-state index in [4.69, 9.17) is 4.98 Å². The van der Waals surface area contributed by atoms with Crippen molar-refractivity contribution in [2.24, 2.45) is 0 Å². The van der Waals surface area contributed by atoms with Crippen molar-refractivity contribution in [3.8, 4) is 72.7 Å². The average Bonchev–Trinajstić information content (AvgIpc) is 3.75. The maximum absolute atomic E-state index is 13.6. The van der Waals surface area contributed by atoms with Crippen LogP contribution in [0.15, 0.2) is 249 Å². The van der Waals surface area contributed by atoms with Gasteiger partial charge in [0.2, 0.25) is 0 Å². The van der Waals surface area contributed by atoms with Crippen molar-refractivity contribution >= 4 is 54.1 Å². The van der Waals surface area contributed by atoms with Crippen LogP contribution in [0.2, 0.25) is 0 Å². The molecule has 0 amide bonds. The van der Waals surface area contributed by atoms with Gasteiger partial charge >= 0.3 is 6.18 Å². The van der Waals surface area contributed by atoms with Crippen molar-refractivity contribution < 1.29 is 13.2 Å². The van der Waals surface area contributed by atoms with E-state index in [0.29, 0.717) is 0 Å². The Morgan fingerprint density at radius 1 is 0.268 bits per heavy atom. The second-order valence-corrected chi connectivity index (χ2v) is 18.2. The number of fused-ring (bicyclic) bond motifs is 9. The molecule has 0 aliphatic carbocycles. The minimum Gasteiger partial charge on any atom is -0.309 e. The molecule has 0 radical (unpaired) electrons. The normalized spacial score (nSPS) is 11.9. The second kappa shape index (κ2) is 16.9. The number of hydrogen-bond donors (Lipinski definition) is 0. The largest absolute Gasteiger partial charge is 0.416 e. The fourth-order valence-electron chi connectivity index (χ4n) is 10.5. The highest BCUT2D eigenvalue weighted by atomic mass is 19.4. The fourth-order valence-corrected chi connectivity index (χ4v) is 10.5. The summed E-state index contributed by atoms with van der Waals surface area (Å²) in [6.07, 6.45) is -4.41. The molecule has 336 valence electrons. The van der Waals surface area contributed by atoms with E-state index in [0.717, 1.165) is 139 Å². The molecule has 13 rings (SSSR count). The SMILES string of the molecule is FC(F)(F)c1ccc(-c2ccc3c(c2)c2ccccc2c2cc4c5cc(-c6ccccc6)ccc5n(-c5cc(-c6ccc(-c7ccccc7)cc6)nc(-c6ccc(-c7ccccc7)cc6)c5)c4cc32)cc1. The Morgan fingerprint density at radius 3 is 1.17 bits per heavy atom. The molecule has 2 nitrogen and oxygen atoms in total. The number of benzene rings is 11. The Balaban J connectivity index is 1.06. The van der Waals surface area contributed by atoms with Crippen molar-refractivity contribution in [2.75, 3.05) is 0 Å². The van der Waals surface area contributed by atoms with Gasteiger partial charge in [-0.1, -0.05) is 194 Å². The molecule has 2 heterocycles. The third kappa shape index (κ3) is 7.51. The first-order valence-corrected chi connectivity index (χ1v) is 23.7. The molecule has 0 aliphatic rings. The lowest BCUT2D eigenvalue weighted by molar-refractivity contribution is -0.137. The van der Waals surface area contributed by atoms with E-state index >= 15 is 0 Å². The van der Waals surface area contributed by atoms with Crippen molar-refractivity contribution in [3.63, 3.8) is 0 Å². The molecule has 2 aromatic heterocycles. The number of aromatic nitrogens is 2. The van der Waals surface area contributed by atoms with Crippen LogP contribution in [0.5, 0.6) is 0 Å². The Morgan fingerprint density at radius 2 is 0.634 bits per heavy atom. The van der Waals surface area contributed by atoms with Gasteiger partial charge in [0, 0.05) is 21.9 Å². The first kappa shape index (κ1) is 42.1. The molecule has 71 heavy (non-hydrogen) atoms. The first-order chi connectivity index (χ1) is 34.8. The van der Waals surface area contributed by atoms with Crippen molar-refractivity contribution in [3.05, 3.63) is 254 Å². The van der Waals surface area contributed by atoms with Gasteiger partial charge in [-0.2, -0.15) is 13.2 Å². The standard InChI is InChI=1S/C66H41F3N2/c67-66(68,69)52-32-28-47(29-33-52)50-30-34-56-57(36-50)54-18-10-11-19-55(54)58-40-61-60-37-51(44-16-8-3-9-17-44)31-35-64(60)71(65(61)41-59(56)58)53-38-62(48-24-20-45(21-25-48)42-12-4-1-5-13-42)70-63(39-53)49-26-22-46(23-27-49)43-14-6-2-7-15-43/h1-41H. The maximum Gasteiger partial charge on any atom is 0.416 e. The Kier molecular flexibility index (Phi) is 9.99. The number of halogens is 3. The highest BCUT2D eigenvalue weighted by Crippen LogP contribution is 2.44. The van der Waals surface area contributed by atoms with E-state index in [9.17, 15) is 13.2 Å². The highest BCUT2D eigenvalue weighted by Gasteiger charge is 2.30. The van der Waals surface area contributed by atoms with Gasteiger partial charge in [0.25, 0.3) is 0 Å². The minimum absolute atomic E-state index is 0.663. The van der Waals surface area contributed by atoms with Gasteiger partial charge in [0.05, 0.1) is 33.7 Å². The number of pyridine rings is 1. The molecule has 0 spiro atoms. The summed E-state index contributed by atoms with van der Waals surface area (Å²) in [5, 5.41) is 8.74. The topological polar surface area (TPSA) is 17.8 Å². The van der Waals surface area contributed by atoms with E-state index in [1.54, 1.807) is 12.1 Å². The van der Waals surface area contributed by atoms with Gasteiger partial charge in [-0.3, -0.25) is 0 Å². The molecule has 0 aliphatic heterocycles. The van der Waals surface area contributed by atoms with Gasteiger partial charge < -0.3 is 4.57 Å². The maximum atomic E-state index is 13.6. The predicted molar refractivity (Wildman–Crippen MR) is 289 cm³/mol. The molecular weight excluding hydrogens is 878 g/mol. The summed E-state index contributed by atoms with van der Waals surface area (Å²) in [6.45, 7) is 0. The third-order valence-electron chi connectivity index (χ3n) is 14.0. The van der Waals surface area contributed by atoms with E-state index in [2.05, 4.69) is 205 Å². The van der Waals surface area contributed by atoms with Gasteiger partial charge in [0.15, 0.2) is 0 Å². The lowest BCUT2D eigenvalue weighted by Crippen LogP contribution is -2.03. The summed E-state index contributed by atoms with van der Waals surface area (Å²) < 4.78 is 43.2. The van der Waals surface area contributed by atoms with Crippen LogP contribution < -0.4 is 0 Å². The number of nitrogens with zero attached hydrogens (tertiary/aromatic N) is 2. The van der Waals surface area contributed by atoms with Gasteiger partial charge in [-0.05, 0) is 131 Å². The average molecular weight is 919 g/mol. The summed E-state index contributed by atoms with van der Waals surface area (Å²) in [4.78, 5) is 5.41. The molecule has 0 saturated heterocycles. The molecule has 5 heteroatoms. The zero-order valence-corrected chi connectivity index (χ0v) is 38.2. The first-order valence-electron chi connectivity index (χ1n) is 23.7. The molecule has 0 saturated carbocycles. The highest BCUT2D eigenvalue weighted by molar-refractivity contribution is 6.29. The molecule has 11 aromatic carbocycles. The van der Waals surface area contributed by atoms with Crippen LogP contribution in [0.25, 0.3) is 127 Å². The molecule has 0 unspecified atom stereocenters. The van der Waals surface area contributed by atoms with Crippen LogP contribution in [0, 0.1) is 0 Å². The van der Waals surface area contributed by atoms with Crippen molar-refractivity contribution in [2.45, 2.75) is 6.18 Å². The summed E-state index contributed by atoms with van der Waals surface area (Å²) in [6, 6.07) is 84.8. The Bertz CT molecular complexity index is 4040. The zero-order valence-electron chi connectivity index (χ0n) is 38.2. The summed E-state index contributed by atoms with van der Waals surface area (Å²) in [7, 11) is 0. The number of rotatable bonds is 7. The van der Waals surface area contributed by atoms with Gasteiger partial charge in [0.1, 0.15) is 0 Å². The summed E-state index contributed by atoms with van der Waals surface area (Å²) in [5.41, 5.74) is 14.6. The van der Waals surface area contributed by atoms with Crippen molar-refractivity contribution in [1.82, 2.24) is 9.55 Å². The van der Waals surface area contributed by atoms with E-state index in [1.807, 2.05) is 24.3 Å². The second-order valence-electron chi connectivity index (χ2n) is 18.2. The van der Waals surface area contributed by atoms with Crippen LogP contribution in [0.3, 0.4) is 0 Å². The molecular formula is C66H41F3N2. The quantitative estimate of drug-likeness (QED) is 0.146. The van der Waals surface area contributed by atoms with E-state index in [-0.39, 0.29) is 0 Å². The molecule has 0 bridgehead atoms. The van der Waals surface area contributed by atoms with E-state index < -0.39 is 11.7 Å². The van der Waals surface area contributed by atoms with Crippen molar-refractivity contribution in [1.29, 1.82) is 0 Å². The molecule has 0 N–H and O–H groups in total. The fraction of sp³-hybridized carbons (Fsp3) is 0.0152. The van der Waals surface area contributed by atoms with Gasteiger partial charge in [-0.15, -0.1) is 0 Å². The lowest BCUT2D eigenvalue weighted by Gasteiger charge is -2.15. The Hall–Kier alpha value is -9.06. The van der Waals surface area contributed by atoms with Gasteiger partial charge in [-0.25, -0.2) is 4.98 Å². The van der Waals surface area contributed by atoms with Crippen LogP contribution in [0.1, 0.15) is 5.56 Å². The zero-order chi connectivity index (χ0) is 47.6. The number of alkyl halides is 3. The summed E-state index contributed by atoms with van der Waals surface area (Å²) >= 11 is 0. The molecule has 0 atom stereocenters. The molecule has 13 aromatic rings. The smallest absolute Gasteiger partial charge is 0.309 e. The number of hydrogen-bond acceptors (Lipinski definition) is 1. The summed E-state index contributed by atoms with van der Waals surface area (Å²) in [5.74, 6) is 0. The van der Waals surface area contributed by atoms with Crippen LogP contribution in [-0.2, 0) is 6.18 Å². The molecule has 0 fully saturated rings.